The van der Waals surface area contributed by atoms with Crippen molar-refractivity contribution in [1.82, 2.24) is 0 Å². The van der Waals surface area contributed by atoms with Crippen molar-refractivity contribution in [2.75, 3.05) is 39.6 Å². The number of rotatable bonds is 59. The predicted octanol–water partition coefficient (Wildman–Crippen LogP) is 16.3. The third kappa shape index (κ3) is 54.0. The van der Waals surface area contributed by atoms with E-state index in [0.29, 0.717) is 31.6 Å². The normalized spacial score (nSPS) is 14.8. The highest BCUT2D eigenvalue weighted by atomic mass is 31.2. The maximum atomic E-state index is 12.9. The van der Waals surface area contributed by atoms with Crippen molar-refractivity contribution in [3.8, 4) is 0 Å². The van der Waals surface area contributed by atoms with Crippen LogP contribution in [0.4, 0.5) is 0 Å². The topological polar surface area (TPSA) is 237 Å². The van der Waals surface area contributed by atoms with Crippen molar-refractivity contribution in [1.29, 1.82) is 0 Å². The van der Waals surface area contributed by atoms with Gasteiger partial charge in [-0.1, -0.05) is 241 Å². The summed E-state index contributed by atoms with van der Waals surface area (Å²) < 4.78 is 67.8. The first-order valence-electron chi connectivity index (χ1n) is 31.9. The van der Waals surface area contributed by atoms with Gasteiger partial charge in [-0.05, 0) is 43.4 Å². The standard InChI is InChI=1S/C61H118O17P2/c1-8-10-11-12-13-20-28-35-42-58(63)71-49-57(78-61(66)45-38-31-24-23-26-33-40-53(5)6)51-76-80(69,70)74-47-55(62)46-73-79(67,68)75-50-56(48-72-59(64)43-36-29-21-16-14-18-25-32-39-52(3)4)77-60(65)44-37-30-22-17-15-19-27-34-41-54(7)9-2/h52-57,62H,8-51H2,1-7H3,(H,67,68)(H,69,70)/t54?,55-,56-,57-/m1/s1. The molecule has 6 atom stereocenters. The van der Waals surface area contributed by atoms with Gasteiger partial charge in [-0.25, -0.2) is 9.13 Å². The zero-order chi connectivity index (χ0) is 59.5. The minimum Gasteiger partial charge on any atom is -0.462 e. The molecule has 0 heterocycles. The molecule has 0 bridgehead atoms. The molecular formula is C61H118O17P2. The van der Waals surface area contributed by atoms with E-state index in [1.807, 2.05) is 0 Å². The van der Waals surface area contributed by atoms with Crippen LogP contribution in [0.5, 0.6) is 0 Å². The van der Waals surface area contributed by atoms with Crippen LogP contribution in [0.2, 0.25) is 0 Å². The quantitative estimate of drug-likeness (QED) is 0.0222. The Labute approximate surface area is 486 Å². The number of esters is 4. The fourth-order valence-corrected chi connectivity index (χ4v) is 10.5. The first-order valence-corrected chi connectivity index (χ1v) is 34.9. The Morgan fingerprint density at radius 1 is 0.362 bits per heavy atom. The highest BCUT2D eigenvalue weighted by molar-refractivity contribution is 7.47. The fraction of sp³-hybridized carbons (Fsp3) is 0.934. The molecule has 0 fully saturated rings. The summed E-state index contributed by atoms with van der Waals surface area (Å²) in [6.45, 7) is 11.6. The summed E-state index contributed by atoms with van der Waals surface area (Å²) >= 11 is 0. The van der Waals surface area contributed by atoms with Crippen LogP contribution in [0.25, 0.3) is 0 Å². The average molecular weight is 1190 g/mol. The second-order valence-electron chi connectivity index (χ2n) is 23.3. The summed E-state index contributed by atoms with van der Waals surface area (Å²) in [5.74, 6) is 0.0177. The molecule has 0 amide bonds. The van der Waals surface area contributed by atoms with Crippen LogP contribution in [0.3, 0.4) is 0 Å². The van der Waals surface area contributed by atoms with Crippen LogP contribution in [0, 0.1) is 17.8 Å². The molecule has 0 aromatic heterocycles. The summed E-state index contributed by atoms with van der Waals surface area (Å²) in [5, 5.41) is 10.5. The summed E-state index contributed by atoms with van der Waals surface area (Å²) in [4.78, 5) is 72.0. The number of ether oxygens (including phenoxy) is 4. The maximum Gasteiger partial charge on any atom is 0.472 e. The number of phosphoric ester groups is 2. The zero-order valence-corrected chi connectivity index (χ0v) is 53.3. The van der Waals surface area contributed by atoms with Gasteiger partial charge in [0.25, 0.3) is 0 Å². The van der Waals surface area contributed by atoms with E-state index in [1.165, 1.54) is 96.3 Å². The molecule has 0 aliphatic rings. The summed E-state index contributed by atoms with van der Waals surface area (Å²) in [6, 6.07) is 0. The Hall–Kier alpha value is -1.94. The number of unbranched alkanes of at least 4 members (excludes halogenated alkanes) is 26. The van der Waals surface area contributed by atoms with E-state index in [9.17, 15) is 43.2 Å². The molecule has 0 rings (SSSR count). The monoisotopic (exact) mass is 1180 g/mol. The Kier molecular flexibility index (Phi) is 51.3. The molecule has 19 heteroatoms. The number of hydrogen-bond donors (Lipinski definition) is 3. The van der Waals surface area contributed by atoms with E-state index in [-0.39, 0.29) is 25.7 Å². The summed E-state index contributed by atoms with van der Waals surface area (Å²) in [6.07, 6.45) is 32.3. The van der Waals surface area contributed by atoms with Gasteiger partial charge in [0.2, 0.25) is 0 Å². The zero-order valence-electron chi connectivity index (χ0n) is 51.5. The second-order valence-corrected chi connectivity index (χ2v) is 26.2. The van der Waals surface area contributed by atoms with Crippen LogP contribution in [0.15, 0.2) is 0 Å². The molecule has 0 aliphatic carbocycles. The van der Waals surface area contributed by atoms with Gasteiger partial charge in [0.1, 0.15) is 19.3 Å². The van der Waals surface area contributed by atoms with Gasteiger partial charge in [0, 0.05) is 25.7 Å². The first-order chi connectivity index (χ1) is 38.3. The molecule has 0 aliphatic heterocycles. The van der Waals surface area contributed by atoms with E-state index in [4.69, 9.17) is 37.0 Å². The molecule has 474 valence electrons. The van der Waals surface area contributed by atoms with E-state index in [1.54, 1.807) is 0 Å². The molecule has 3 N–H and O–H groups in total. The average Bonchev–Trinajstić information content (AvgIpc) is 3.41. The Morgan fingerprint density at radius 2 is 0.637 bits per heavy atom. The number of carbonyl (C=O) groups is 4. The minimum absolute atomic E-state index is 0.101. The fourth-order valence-electron chi connectivity index (χ4n) is 8.92. The molecule has 0 spiro atoms. The van der Waals surface area contributed by atoms with Crippen LogP contribution in [-0.4, -0.2) is 96.7 Å². The van der Waals surface area contributed by atoms with Gasteiger partial charge >= 0.3 is 39.5 Å². The third-order valence-corrected chi connectivity index (χ3v) is 16.1. The van der Waals surface area contributed by atoms with Crippen LogP contribution < -0.4 is 0 Å². The number of phosphoric acid groups is 2. The Balaban J connectivity index is 5.24. The number of hydrogen-bond acceptors (Lipinski definition) is 15. The minimum atomic E-state index is -4.94. The van der Waals surface area contributed by atoms with E-state index < -0.39 is 97.5 Å². The van der Waals surface area contributed by atoms with E-state index >= 15 is 0 Å². The maximum absolute atomic E-state index is 12.9. The molecule has 0 aromatic rings. The molecule has 3 unspecified atom stereocenters. The molecule has 0 radical (unpaired) electrons. The molecule has 0 saturated carbocycles. The van der Waals surface area contributed by atoms with Gasteiger partial charge in [0.05, 0.1) is 26.4 Å². The van der Waals surface area contributed by atoms with Gasteiger partial charge in [0.15, 0.2) is 12.2 Å². The van der Waals surface area contributed by atoms with Crippen molar-refractivity contribution in [2.24, 2.45) is 17.8 Å². The van der Waals surface area contributed by atoms with Crippen molar-refractivity contribution >= 4 is 39.5 Å². The lowest BCUT2D eigenvalue weighted by Gasteiger charge is -2.21. The van der Waals surface area contributed by atoms with Crippen LogP contribution in [0.1, 0.15) is 292 Å². The van der Waals surface area contributed by atoms with Crippen molar-refractivity contribution < 1.29 is 80.2 Å². The van der Waals surface area contributed by atoms with Gasteiger partial charge in [-0.2, -0.15) is 0 Å². The smallest absolute Gasteiger partial charge is 0.462 e. The summed E-state index contributed by atoms with van der Waals surface area (Å²) in [5.41, 5.74) is 0. The number of aliphatic hydroxyl groups excluding tert-OH is 1. The van der Waals surface area contributed by atoms with Crippen molar-refractivity contribution in [3.05, 3.63) is 0 Å². The number of carbonyl (C=O) groups excluding carboxylic acids is 4. The Morgan fingerprint density at radius 3 is 0.950 bits per heavy atom. The largest absolute Gasteiger partial charge is 0.472 e. The molecule has 0 saturated heterocycles. The lowest BCUT2D eigenvalue weighted by atomic mass is 9.99. The summed E-state index contributed by atoms with van der Waals surface area (Å²) in [7, 11) is -9.88. The highest BCUT2D eigenvalue weighted by Crippen LogP contribution is 2.45. The van der Waals surface area contributed by atoms with Crippen LogP contribution >= 0.6 is 15.6 Å². The van der Waals surface area contributed by atoms with Gasteiger partial charge < -0.3 is 33.8 Å². The molecule has 80 heavy (non-hydrogen) atoms. The van der Waals surface area contributed by atoms with Gasteiger partial charge in [-0.15, -0.1) is 0 Å². The molecular weight excluding hydrogens is 1070 g/mol. The van der Waals surface area contributed by atoms with Crippen molar-refractivity contribution in [2.45, 2.75) is 311 Å². The first kappa shape index (κ1) is 78.1. The SMILES string of the molecule is CCCCCCCCCCC(=O)OC[C@H](COP(=O)(O)OC[C@H](O)COP(=O)(O)OC[C@@H](COC(=O)CCCCCCCCCCC(C)C)OC(=O)CCCCCCCCCCC(C)CC)OC(=O)CCCCCCCCC(C)C. The van der Waals surface area contributed by atoms with E-state index in [0.717, 1.165) is 108 Å². The van der Waals surface area contributed by atoms with E-state index in [2.05, 4.69) is 48.5 Å². The molecule has 0 aromatic carbocycles. The predicted molar refractivity (Wildman–Crippen MR) is 317 cm³/mol. The Bertz CT molecular complexity index is 1600. The third-order valence-electron chi connectivity index (χ3n) is 14.2. The number of aliphatic hydroxyl groups is 1. The van der Waals surface area contributed by atoms with Gasteiger partial charge in [-0.3, -0.25) is 37.3 Å². The van der Waals surface area contributed by atoms with Crippen molar-refractivity contribution in [3.63, 3.8) is 0 Å². The lowest BCUT2D eigenvalue weighted by molar-refractivity contribution is -0.161. The highest BCUT2D eigenvalue weighted by Gasteiger charge is 2.30. The second kappa shape index (κ2) is 52.6. The lowest BCUT2D eigenvalue weighted by Crippen LogP contribution is -2.30. The molecule has 17 nitrogen and oxygen atoms in total. The van der Waals surface area contributed by atoms with Crippen LogP contribution in [-0.2, 0) is 65.4 Å².